The van der Waals surface area contributed by atoms with Crippen LogP contribution in [0.3, 0.4) is 0 Å². The van der Waals surface area contributed by atoms with Gasteiger partial charge in [-0.15, -0.1) is 0 Å². The zero-order valence-electron chi connectivity index (χ0n) is 11.6. The summed E-state index contributed by atoms with van der Waals surface area (Å²) in [7, 11) is 0. The zero-order chi connectivity index (χ0) is 13.9. The molecule has 108 valence electrons. The molecule has 0 atom stereocenters. The summed E-state index contributed by atoms with van der Waals surface area (Å²) in [6.07, 6.45) is 7.56. The third-order valence-electron chi connectivity index (χ3n) is 2.95. The van der Waals surface area contributed by atoms with E-state index in [-0.39, 0.29) is 0 Å². The van der Waals surface area contributed by atoms with Crippen LogP contribution >= 0.6 is 11.6 Å². The summed E-state index contributed by atoms with van der Waals surface area (Å²) in [6, 6.07) is 3.51. The highest BCUT2D eigenvalue weighted by Crippen LogP contribution is 2.17. The average Bonchev–Trinajstić information content (AvgIpc) is 2.43. The summed E-state index contributed by atoms with van der Waals surface area (Å²) in [6.45, 7) is 3.41. The Labute approximate surface area is 120 Å². The van der Waals surface area contributed by atoms with Crippen LogP contribution in [0.4, 0.5) is 5.82 Å². The number of rotatable bonds is 10. The SMILES string of the molecule is CCCCCCCCOCc1nc(NN)ccc1Cl. The van der Waals surface area contributed by atoms with E-state index in [1.807, 2.05) is 0 Å². The van der Waals surface area contributed by atoms with Crippen LogP contribution in [0.2, 0.25) is 5.02 Å². The Morgan fingerprint density at radius 1 is 1.21 bits per heavy atom. The molecule has 0 aliphatic rings. The van der Waals surface area contributed by atoms with Gasteiger partial charge in [-0.2, -0.15) is 0 Å². The van der Waals surface area contributed by atoms with Gasteiger partial charge in [-0.25, -0.2) is 10.8 Å². The number of hydrogen-bond donors (Lipinski definition) is 2. The van der Waals surface area contributed by atoms with Crippen LogP contribution in [0.25, 0.3) is 0 Å². The predicted octanol–water partition coefficient (Wildman–Crippen LogP) is 3.90. The molecule has 3 N–H and O–H groups in total. The predicted molar refractivity (Wildman–Crippen MR) is 80.1 cm³/mol. The molecule has 0 amide bonds. The zero-order valence-corrected chi connectivity index (χ0v) is 12.4. The number of ether oxygens (including phenoxy) is 1. The minimum Gasteiger partial charge on any atom is -0.375 e. The lowest BCUT2D eigenvalue weighted by atomic mass is 10.1. The molecule has 1 aromatic rings. The Kier molecular flexibility index (Phi) is 8.54. The highest BCUT2D eigenvalue weighted by Gasteiger charge is 2.03. The molecule has 19 heavy (non-hydrogen) atoms. The van der Waals surface area contributed by atoms with Gasteiger partial charge >= 0.3 is 0 Å². The van der Waals surface area contributed by atoms with Gasteiger partial charge in [0.25, 0.3) is 0 Å². The Bertz CT molecular complexity index is 361. The first-order valence-electron chi connectivity index (χ1n) is 6.97. The molecule has 4 nitrogen and oxygen atoms in total. The molecule has 0 aliphatic heterocycles. The van der Waals surface area contributed by atoms with Crippen LogP contribution in [0.15, 0.2) is 12.1 Å². The molecular weight excluding hydrogens is 262 g/mol. The fraction of sp³-hybridized carbons (Fsp3) is 0.643. The first-order valence-corrected chi connectivity index (χ1v) is 7.35. The van der Waals surface area contributed by atoms with Gasteiger partial charge in [-0.3, -0.25) is 0 Å². The second-order valence-electron chi connectivity index (χ2n) is 4.59. The summed E-state index contributed by atoms with van der Waals surface area (Å²) >= 11 is 6.04. The molecule has 0 bridgehead atoms. The topological polar surface area (TPSA) is 60.2 Å². The van der Waals surface area contributed by atoms with E-state index in [1.54, 1.807) is 12.1 Å². The molecule has 0 unspecified atom stereocenters. The number of nitrogen functional groups attached to an aromatic ring is 1. The summed E-state index contributed by atoms with van der Waals surface area (Å²) < 4.78 is 5.59. The Balaban J connectivity index is 2.15. The van der Waals surface area contributed by atoms with Crippen molar-refractivity contribution < 1.29 is 4.74 Å². The van der Waals surface area contributed by atoms with E-state index in [0.717, 1.165) is 18.7 Å². The van der Waals surface area contributed by atoms with Crippen LogP contribution in [0.1, 0.15) is 51.1 Å². The van der Waals surface area contributed by atoms with E-state index in [1.165, 1.54) is 32.1 Å². The summed E-state index contributed by atoms with van der Waals surface area (Å²) in [5.41, 5.74) is 3.22. The normalized spacial score (nSPS) is 10.7. The third-order valence-corrected chi connectivity index (χ3v) is 3.29. The molecule has 0 aromatic carbocycles. The van der Waals surface area contributed by atoms with Crippen LogP contribution in [0.5, 0.6) is 0 Å². The number of pyridine rings is 1. The first-order chi connectivity index (χ1) is 9.27. The molecule has 1 heterocycles. The van der Waals surface area contributed by atoms with Crippen molar-refractivity contribution in [1.29, 1.82) is 0 Å². The van der Waals surface area contributed by atoms with E-state index in [4.69, 9.17) is 22.2 Å². The first kappa shape index (κ1) is 16.2. The van der Waals surface area contributed by atoms with Crippen molar-refractivity contribution in [3.05, 3.63) is 22.8 Å². The third kappa shape index (κ3) is 6.76. The lowest BCUT2D eigenvalue weighted by molar-refractivity contribution is 0.114. The molecule has 0 saturated carbocycles. The second kappa shape index (κ2) is 10.0. The summed E-state index contributed by atoms with van der Waals surface area (Å²) in [4.78, 5) is 4.26. The number of hydrogen-bond acceptors (Lipinski definition) is 4. The summed E-state index contributed by atoms with van der Waals surface area (Å²) in [5, 5.41) is 0.613. The van der Waals surface area contributed by atoms with E-state index >= 15 is 0 Å². The molecular formula is C14H24ClN3O. The van der Waals surface area contributed by atoms with Crippen LogP contribution in [-0.4, -0.2) is 11.6 Å². The number of halogens is 1. The van der Waals surface area contributed by atoms with E-state index in [0.29, 0.717) is 17.4 Å². The van der Waals surface area contributed by atoms with Crippen LogP contribution in [0, 0.1) is 0 Å². The molecule has 0 saturated heterocycles. The molecule has 5 heteroatoms. The average molecular weight is 286 g/mol. The van der Waals surface area contributed by atoms with Crippen LogP contribution in [-0.2, 0) is 11.3 Å². The Morgan fingerprint density at radius 2 is 1.95 bits per heavy atom. The fourth-order valence-corrected chi connectivity index (χ4v) is 1.98. The van der Waals surface area contributed by atoms with Crippen molar-refractivity contribution in [3.8, 4) is 0 Å². The fourth-order valence-electron chi connectivity index (χ4n) is 1.82. The monoisotopic (exact) mass is 285 g/mol. The maximum absolute atomic E-state index is 6.04. The van der Waals surface area contributed by atoms with Crippen molar-refractivity contribution in [1.82, 2.24) is 4.98 Å². The van der Waals surface area contributed by atoms with Gasteiger partial charge < -0.3 is 10.2 Å². The van der Waals surface area contributed by atoms with Gasteiger partial charge in [0.15, 0.2) is 0 Å². The largest absolute Gasteiger partial charge is 0.375 e. The van der Waals surface area contributed by atoms with Gasteiger partial charge in [0.1, 0.15) is 5.82 Å². The van der Waals surface area contributed by atoms with Crippen LogP contribution < -0.4 is 11.3 Å². The van der Waals surface area contributed by atoms with E-state index in [2.05, 4.69) is 17.3 Å². The molecule has 0 aliphatic carbocycles. The smallest absolute Gasteiger partial charge is 0.140 e. The number of anilines is 1. The Hall–Kier alpha value is -0.840. The number of nitrogens with one attached hydrogen (secondary N) is 1. The second-order valence-corrected chi connectivity index (χ2v) is 5.00. The van der Waals surface area contributed by atoms with Crippen molar-refractivity contribution in [2.75, 3.05) is 12.0 Å². The molecule has 0 radical (unpaired) electrons. The van der Waals surface area contributed by atoms with Gasteiger partial charge in [-0.1, -0.05) is 50.6 Å². The number of hydrazine groups is 1. The summed E-state index contributed by atoms with van der Waals surface area (Å²) in [5.74, 6) is 5.91. The highest BCUT2D eigenvalue weighted by molar-refractivity contribution is 6.31. The maximum Gasteiger partial charge on any atom is 0.140 e. The standard InChI is InChI=1S/C14H24ClN3O/c1-2-3-4-5-6-7-10-19-11-13-12(15)8-9-14(17-13)18-16/h8-9H,2-7,10-11,16H2,1H3,(H,17,18). The molecule has 1 aromatic heterocycles. The van der Waals surface area contributed by atoms with Gasteiger partial charge in [-0.05, 0) is 18.6 Å². The minimum atomic E-state index is 0.434. The maximum atomic E-state index is 6.04. The Morgan fingerprint density at radius 3 is 2.68 bits per heavy atom. The van der Waals surface area contributed by atoms with Gasteiger partial charge in [0.05, 0.1) is 17.3 Å². The van der Waals surface area contributed by atoms with Gasteiger partial charge in [0.2, 0.25) is 0 Å². The number of nitrogens with two attached hydrogens (primary N) is 1. The lowest BCUT2D eigenvalue weighted by Gasteiger charge is -2.07. The molecule has 1 rings (SSSR count). The number of nitrogens with zero attached hydrogens (tertiary/aromatic N) is 1. The van der Waals surface area contributed by atoms with Crippen molar-refractivity contribution in [2.45, 2.75) is 52.1 Å². The van der Waals surface area contributed by atoms with Crippen molar-refractivity contribution >= 4 is 17.4 Å². The quantitative estimate of drug-likeness (QED) is 0.389. The van der Waals surface area contributed by atoms with E-state index in [9.17, 15) is 0 Å². The molecule has 0 spiro atoms. The highest BCUT2D eigenvalue weighted by atomic mass is 35.5. The van der Waals surface area contributed by atoms with Crippen molar-refractivity contribution in [2.24, 2.45) is 5.84 Å². The minimum absolute atomic E-state index is 0.434. The molecule has 0 fully saturated rings. The lowest BCUT2D eigenvalue weighted by Crippen LogP contribution is -2.10. The number of aromatic nitrogens is 1. The van der Waals surface area contributed by atoms with Gasteiger partial charge in [0, 0.05) is 6.61 Å². The van der Waals surface area contributed by atoms with Crippen molar-refractivity contribution in [3.63, 3.8) is 0 Å². The number of unbranched alkanes of at least 4 members (excludes halogenated alkanes) is 5. The van der Waals surface area contributed by atoms with E-state index < -0.39 is 0 Å².